The quantitative estimate of drug-likeness (QED) is 0.0501. The normalized spacial score (nSPS) is 19.6. The summed E-state index contributed by atoms with van der Waals surface area (Å²) in [6.07, 6.45) is 14.1. The Morgan fingerprint density at radius 2 is 0.748 bits per heavy atom. The van der Waals surface area contributed by atoms with Gasteiger partial charge in [0.05, 0.1) is 61.6 Å². The van der Waals surface area contributed by atoms with E-state index < -0.39 is 29.8 Å². The number of hydrogen-bond acceptors (Lipinski definition) is 17. The molecule has 18 nitrogen and oxygen atoms in total. The van der Waals surface area contributed by atoms with Gasteiger partial charge in [0.1, 0.15) is 0 Å². The molecule has 0 saturated heterocycles. The largest absolute Gasteiger partial charge is 0.478 e. The van der Waals surface area contributed by atoms with Crippen LogP contribution in [0.15, 0.2) is 146 Å². The van der Waals surface area contributed by atoms with Crippen LogP contribution in [0, 0.1) is 13.8 Å². The molecule has 1 fully saturated rings. The highest BCUT2D eigenvalue weighted by Gasteiger charge is 2.51. The number of carboxylic acid groups (broad SMARTS) is 5. The fourth-order valence-corrected chi connectivity index (χ4v) is 26.9. The number of carboxylic acids is 5. The molecule has 696 valence electrons. The topological polar surface area (TPSA) is 249 Å². The summed E-state index contributed by atoms with van der Waals surface area (Å²) in [5.41, 5.74) is 19.7. The maximum absolute atomic E-state index is 11.2. The Balaban J connectivity index is 0.000000140. The van der Waals surface area contributed by atoms with Gasteiger partial charge >= 0.3 is 29.8 Å². The van der Waals surface area contributed by atoms with Crippen molar-refractivity contribution in [3.63, 3.8) is 0 Å². The molecule has 0 spiro atoms. The predicted octanol–water partition coefficient (Wildman–Crippen LogP) is 28.3. The first-order valence-corrected chi connectivity index (χ1v) is 49.8. The Hall–Kier alpha value is -9.88. The summed E-state index contributed by atoms with van der Waals surface area (Å²) >= 11 is 9.21. The van der Waals surface area contributed by atoms with Crippen LogP contribution in [0.4, 0.5) is 32.5 Å². The Morgan fingerprint density at radius 1 is 0.389 bits per heavy atom. The Kier molecular flexibility index (Phi) is 27.5. The fraction of sp³-hybridized carbons (Fsp3) is 0.463. The number of anilines is 6. The van der Waals surface area contributed by atoms with E-state index in [1.807, 2.05) is 115 Å². The SMILES string of the molecule is CCOC1CC(C)(C)c2sc(N(C)c3ccc(C(=O)O)cc3)nc2C1(C)C.CCn1c(-c2ccc(C(=O)O)cc2)ccc1-c1sc2c(c1C)C(C)(C)CCC2(C)C.CN(c1ccc(C(=O)O)cc1)c1nc2c(s1)C(C)(C)C=CC2(C)C.CN(c1ccc(C(=O)O)cc1)c1nc2c(s1)C(C)(C)CCC2(C)C.Cc1c(C2CC2c2ccc(C(=O)O)cc2)sc2c1C(C)(C)CCC2(C)C. The molecule has 23 heteroatoms. The van der Waals surface area contributed by atoms with E-state index in [0.29, 0.717) is 35.1 Å². The number of benzene rings is 5. The zero-order valence-corrected chi connectivity index (χ0v) is 85.6. The molecule has 5 N–H and O–H groups in total. The van der Waals surface area contributed by atoms with Gasteiger partial charge in [-0.1, -0.05) is 175 Å². The smallest absolute Gasteiger partial charge is 0.335 e. The van der Waals surface area contributed by atoms with Crippen molar-refractivity contribution < 1.29 is 54.2 Å². The van der Waals surface area contributed by atoms with E-state index in [9.17, 15) is 29.1 Å². The molecule has 6 heterocycles. The molecular weight excluding hydrogens is 1730 g/mol. The van der Waals surface area contributed by atoms with Crippen molar-refractivity contribution in [2.45, 2.75) is 296 Å². The Morgan fingerprint density at radius 3 is 1.15 bits per heavy atom. The van der Waals surface area contributed by atoms with Crippen LogP contribution < -0.4 is 14.7 Å². The number of fused-ring (bicyclic) bond motifs is 5. The second-order valence-electron chi connectivity index (χ2n) is 42.8. The van der Waals surface area contributed by atoms with Crippen molar-refractivity contribution in [3.8, 4) is 21.8 Å². The van der Waals surface area contributed by atoms with E-state index in [-0.39, 0.29) is 71.4 Å². The number of nitrogens with zero attached hydrogens (tertiary/aromatic N) is 7. The van der Waals surface area contributed by atoms with Gasteiger partial charge < -0.3 is 49.5 Å². The zero-order valence-electron chi connectivity index (χ0n) is 81.5. The number of rotatable bonds is 18. The third-order valence-corrected chi connectivity index (χ3v) is 36.3. The molecule has 3 atom stereocenters. The molecule has 0 aliphatic heterocycles. The highest BCUT2D eigenvalue weighted by atomic mass is 32.1. The van der Waals surface area contributed by atoms with Crippen molar-refractivity contribution in [3.05, 3.63) is 248 Å². The third-order valence-electron chi connectivity index (χ3n) is 28.4. The molecule has 6 aliphatic carbocycles. The van der Waals surface area contributed by atoms with Crippen molar-refractivity contribution in [2.24, 2.45) is 0 Å². The summed E-state index contributed by atoms with van der Waals surface area (Å²) in [6, 6.07) is 39.8. The molecule has 3 unspecified atom stereocenters. The first-order valence-electron chi connectivity index (χ1n) is 45.7. The maximum atomic E-state index is 11.2. The summed E-state index contributed by atoms with van der Waals surface area (Å²) in [4.78, 5) is 86.4. The van der Waals surface area contributed by atoms with Gasteiger partial charge in [0, 0.05) is 125 Å². The number of thiophene rings is 2. The average Bonchev–Trinajstić information content (AvgIpc) is 1.62. The van der Waals surface area contributed by atoms with Gasteiger partial charge in [-0.25, -0.2) is 38.9 Å². The average molecular weight is 1870 g/mol. The van der Waals surface area contributed by atoms with E-state index in [0.717, 1.165) is 74.5 Å². The van der Waals surface area contributed by atoms with Crippen molar-refractivity contribution >= 4 is 119 Å². The summed E-state index contributed by atoms with van der Waals surface area (Å²) in [5.74, 6) is -3.33. The summed E-state index contributed by atoms with van der Waals surface area (Å²) in [7, 11) is 5.92. The molecule has 0 radical (unpaired) electrons. The Labute approximate surface area is 795 Å². The van der Waals surface area contributed by atoms with Crippen LogP contribution in [0.25, 0.3) is 21.8 Å². The Bertz CT molecular complexity index is 6010. The lowest BCUT2D eigenvalue weighted by Crippen LogP contribution is -2.46. The molecular formula is C108H133N7O11S5. The highest BCUT2D eigenvalue weighted by molar-refractivity contribution is 7.17. The molecule has 1 saturated carbocycles. The monoisotopic (exact) mass is 1860 g/mol. The molecule has 0 amide bonds. The first kappa shape index (κ1) is 98.6. The van der Waals surface area contributed by atoms with Crippen LogP contribution >= 0.6 is 56.7 Å². The summed E-state index contributed by atoms with van der Waals surface area (Å²) < 4.78 is 8.44. The van der Waals surface area contributed by atoms with E-state index in [1.165, 1.54) is 86.1 Å². The van der Waals surface area contributed by atoms with Crippen LogP contribution in [0.2, 0.25) is 0 Å². The zero-order chi connectivity index (χ0) is 96.1. The van der Waals surface area contributed by atoms with Gasteiger partial charge in [0.25, 0.3) is 0 Å². The van der Waals surface area contributed by atoms with Gasteiger partial charge in [0.2, 0.25) is 0 Å². The van der Waals surface area contributed by atoms with Crippen molar-refractivity contribution in [1.82, 2.24) is 19.5 Å². The van der Waals surface area contributed by atoms with Crippen LogP contribution in [0.5, 0.6) is 0 Å². The van der Waals surface area contributed by atoms with E-state index in [4.69, 9.17) is 40.1 Å². The number of allylic oxidation sites excluding steroid dienone is 2. The summed E-state index contributed by atoms with van der Waals surface area (Å²) in [5, 5.41) is 48.2. The molecule has 6 aliphatic rings. The van der Waals surface area contributed by atoms with E-state index in [2.05, 4.69) is 199 Å². The number of ether oxygens (including phenoxy) is 1. The maximum Gasteiger partial charge on any atom is 0.335 e. The predicted molar refractivity (Wildman–Crippen MR) is 541 cm³/mol. The molecule has 131 heavy (non-hydrogen) atoms. The number of carbonyl (C=O) groups is 5. The molecule has 0 bridgehead atoms. The molecule has 11 aromatic rings. The lowest BCUT2D eigenvalue weighted by Gasteiger charge is -2.44. The standard InChI is InChI=1S/C26H31NO2S.C23H28O2S.C21H28N2O3S.C19H24N2O2S.C19H22N2O2S/c1-7-27-19(17-8-10-18(11-9-17)24(28)29)12-13-20(27)22-16(2)21-23(30-22)26(5,6)15-14-25(21,3)4;1-13-18-20(23(4,5)11-10-22(18,2)3)26-19(13)17-12-16(17)14-6-8-15(9-7-14)21(24)25;1-7-26-15-12-20(2,3)17-16(21(15,4)5)22-19(27-17)23(6)14-10-8-13(9-11-14)18(24)25;2*1-18(2)10-11-19(3,4)15-14(18)20-17(24-15)21(5)13-8-6-12(7-9-13)16(22)23/h8-13H,7,14-15H2,1-6H3,(H,28,29);6-9,16-17H,10-12H2,1-5H3,(H,24,25);8-11,15H,7,12H2,1-6H3,(H,24,25);6-9H,10-11H2,1-5H3,(H,22,23);6-11H,1-5H3,(H,22,23). The van der Waals surface area contributed by atoms with Gasteiger partial charge in [0.15, 0.2) is 15.4 Å². The minimum Gasteiger partial charge on any atom is -0.478 e. The molecule has 17 rings (SSSR count). The second-order valence-corrected chi connectivity index (χ2v) is 47.8. The van der Waals surface area contributed by atoms with E-state index >= 15 is 0 Å². The van der Waals surface area contributed by atoms with Crippen molar-refractivity contribution in [1.29, 1.82) is 0 Å². The lowest BCUT2D eigenvalue weighted by atomic mass is 9.66. The first-order chi connectivity index (χ1) is 61.0. The minimum atomic E-state index is -0.917. The van der Waals surface area contributed by atoms with Crippen LogP contribution in [0.3, 0.4) is 0 Å². The van der Waals surface area contributed by atoms with Crippen LogP contribution in [-0.2, 0) is 65.4 Å². The van der Waals surface area contributed by atoms with Gasteiger partial charge in [-0.2, -0.15) is 0 Å². The van der Waals surface area contributed by atoms with Gasteiger partial charge in [-0.15, -0.1) is 56.7 Å². The number of thiazole rings is 3. The van der Waals surface area contributed by atoms with Crippen molar-refractivity contribution in [2.75, 3.05) is 42.4 Å². The van der Waals surface area contributed by atoms with Crippen LogP contribution in [0.1, 0.15) is 341 Å². The number of aromatic nitrogens is 4. The fourth-order valence-electron chi connectivity index (χ4n) is 19.4. The third kappa shape index (κ3) is 19.8. The summed E-state index contributed by atoms with van der Waals surface area (Å²) in [6.45, 7) is 56.4. The van der Waals surface area contributed by atoms with E-state index in [1.54, 1.807) is 120 Å². The molecule has 6 aromatic heterocycles. The highest BCUT2D eigenvalue weighted by Crippen LogP contribution is 2.62. The van der Waals surface area contributed by atoms with Gasteiger partial charge in [-0.3, -0.25) is 0 Å². The van der Waals surface area contributed by atoms with Gasteiger partial charge in [-0.05, 0) is 249 Å². The number of aromatic carboxylic acids is 5. The molecule has 5 aromatic carbocycles. The van der Waals surface area contributed by atoms with Crippen LogP contribution in [-0.4, -0.2) is 109 Å². The minimum absolute atomic E-state index is 0.00854. The number of hydrogen-bond donors (Lipinski definition) is 5. The second kappa shape index (κ2) is 36.5. The lowest BCUT2D eigenvalue weighted by molar-refractivity contribution is -0.0131.